The highest BCUT2D eigenvalue weighted by Gasteiger charge is 2.32. The summed E-state index contributed by atoms with van der Waals surface area (Å²) in [5.41, 5.74) is 1.82. The van der Waals surface area contributed by atoms with Gasteiger partial charge in [-0.25, -0.2) is 9.97 Å². The lowest BCUT2D eigenvalue weighted by atomic mass is 10.0. The molecule has 0 bridgehead atoms. The molecule has 3 aromatic rings. The Labute approximate surface area is 234 Å². The van der Waals surface area contributed by atoms with Gasteiger partial charge in [0.15, 0.2) is 0 Å². The SMILES string of the molecule is COc1ccc(CCNC(=O)CC2CN(C(=O)CC(C)C)CCN2c2cc(C)nc(-n3ccnc3)n2)cc1Cl. The van der Waals surface area contributed by atoms with Crippen LogP contribution in [0.1, 0.15) is 37.9 Å². The smallest absolute Gasteiger partial charge is 0.237 e. The van der Waals surface area contributed by atoms with Crippen LogP contribution in [-0.4, -0.2) is 75.6 Å². The number of imidazole rings is 1. The molecule has 2 amide bonds. The van der Waals surface area contributed by atoms with Gasteiger partial charge in [0.1, 0.15) is 17.9 Å². The highest BCUT2D eigenvalue weighted by atomic mass is 35.5. The second-order valence-electron chi connectivity index (χ2n) is 10.2. The summed E-state index contributed by atoms with van der Waals surface area (Å²) in [5, 5.41) is 3.57. The molecule has 0 radical (unpaired) electrons. The van der Waals surface area contributed by atoms with Crippen molar-refractivity contribution in [1.29, 1.82) is 0 Å². The van der Waals surface area contributed by atoms with E-state index in [9.17, 15) is 9.59 Å². The number of hydrogen-bond donors (Lipinski definition) is 1. The number of anilines is 1. The number of piperazine rings is 1. The summed E-state index contributed by atoms with van der Waals surface area (Å²) >= 11 is 6.23. The molecule has 1 aliphatic rings. The first kappa shape index (κ1) is 28.4. The van der Waals surface area contributed by atoms with Crippen molar-refractivity contribution in [2.75, 3.05) is 38.2 Å². The summed E-state index contributed by atoms with van der Waals surface area (Å²) in [6.45, 7) is 8.07. The van der Waals surface area contributed by atoms with Crippen molar-refractivity contribution < 1.29 is 14.3 Å². The number of nitrogens with one attached hydrogen (secondary N) is 1. The Bertz CT molecular complexity index is 1280. The zero-order chi connectivity index (χ0) is 27.9. The quantitative estimate of drug-likeness (QED) is 0.410. The van der Waals surface area contributed by atoms with Crippen LogP contribution in [0.5, 0.6) is 5.75 Å². The van der Waals surface area contributed by atoms with Crippen LogP contribution in [0.2, 0.25) is 5.02 Å². The molecule has 1 aromatic carbocycles. The van der Waals surface area contributed by atoms with E-state index in [1.807, 2.05) is 49.9 Å². The number of nitrogens with zero attached hydrogens (tertiary/aromatic N) is 6. The summed E-state index contributed by atoms with van der Waals surface area (Å²) in [5.74, 6) is 2.17. The monoisotopic (exact) mass is 553 g/mol. The van der Waals surface area contributed by atoms with Crippen LogP contribution in [0, 0.1) is 12.8 Å². The first-order chi connectivity index (χ1) is 18.7. The predicted octanol–water partition coefficient (Wildman–Crippen LogP) is 3.45. The molecule has 1 aliphatic heterocycles. The number of carbonyl (C=O) groups excluding carboxylic acids is 2. The normalized spacial score (nSPS) is 15.5. The van der Waals surface area contributed by atoms with Gasteiger partial charge in [-0.05, 0) is 37.0 Å². The summed E-state index contributed by atoms with van der Waals surface area (Å²) in [4.78, 5) is 43.4. The fourth-order valence-electron chi connectivity index (χ4n) is 4.71. The van der Waals surface area contributed by atoms with Crippen LogP contribution >= 0.6 is 11.6 Å². The molecule has 208 valence electrons. The van der Waals surface area contributed by atoms with Gasteiger partial charge in [-0.1, -0.05) is 31.5 Å². The largest absolute Gasteiger partial charge is 0.495 e. The van der Waals surface area contributed by atoms with Crippen molar-refractivity contribution >= 4 is 29.2 Å². The Morgan fingerprint density at radius 2 is 2.03 bits per heavy atom. The number of amides is 2. The van der Waals surface area contributed by atoms with Crippen molar-refractivity contribution in [3.63, 3.8) is 0 Å². The highest BCUT2D eigenvalue weighted by Crippen LogP contribution is 2.25. The highest BCUT2D eigenvalue weighted by molar-refractivity contribution is 6.32. The van der Waals surface area contributed by atoms with Gasteiger partial charge < -0.3 is 19.9 Å². The fraction of sp³-hybridized carbons (Fsp3) is 0.464. The molecule has 3 heterocycles. The number of hydrogen-bond acceptors (Lipinski definition) is 7. The molecule has 0 aliphatic carbocycles. The maximum absolute atomic E-state index is 13.1. The number of aromatic nitrogens is 4. The number of methoxy groups -OCH3 is 1. The van der Waals surface area contributed by atoms with Gasteiger partial charge in [0.05, 0.1) is 18.2 Å². The lowest BCUT2D eigenvalue weighted by Gasteiger charge is -2.42. The van der Waals surface area contributed by atoms with Gasteiger partial charge in [0.25, 0.3) is 0 Å². The maximum atomic E-state index is 13.1. The van der Waals surface area contributed by atoms with Gasteiger partial charge in [-0.2, -0.15) is 4.98 Å². The Kier molecular flexibility index (Phi) is 9.40. The van der Waals surface area contributed by atoms with Gasteiger partial charge >= 0.3 is 0 Å². The number of aryl methyl sites for hydroxylation is 1. The average molecular weight is 554 g/mol. The molecule has 1 fully saturated rings. The zero-order valence-electron chi connectivity index (χ0n) is 22.9. The number of carbonyl (C=O) groups is 2. The summed E-state index contributed by atoms with van der Waals surface area (Å²) in [7, 11) is 1.58. The molecule has 0 spiro atoms. The minimum atomic E-state index is -0.227. The lowest BCUT2D eigenvalue weighted by Crippen LogP contribution is -2.56. The Morgan fingerprint density at radius 3 is 2.72 bits per heavy atom. The predicted molar refractivity (Wildman–Crippen MR) is 150 cm³/mol. The third-order valence-electron chi connectivity index (χ3n) is 6.65. The first-order valence-corrected chi connectivity index (χ1v) is 13.6. The minimum Gasteiger partial charge on any atom is -0.495 e. The topological polar surface area (TPSA) is 105 Å². The zero-order valence-corrected chi connectivity index (χ0v) is 23.7. The van der Waals surface area contributed by atoms with E-state index in [4.69, 9.17) is 21.3 Å². The van der Waals surface area contributed by atoms with Crippen molar-refractivity contribution in [2.45, 2.75) is 46.1 Å². The molecule has 1 N–H and O–H groups in total. The Morgan fingerprint density at radius 1 is 1.21 bits per heavy atom. The van der Waals surface area contributed by atoms with E-state index in [-0.39, 0.29) is 30.2 Å². The second-order valence-corrected chi connectivity index (χ2v) is 10.6. The van der Waals surface area contributed by atoms with Crippen molar-refractivity contribution in [3.05, 3.63) is 59.3 Å². The molecule has 4 rings (SSSR count). The summed E-state index contributed by atoms with van der Waals surface area (Å²) < 4.78 is 6.96. The molecule has 1 atom stereocenters. The van der Waals surface area contributed by atoms with Gasteiger partial charge in [-0.15, -0.1) is 0 Å². The van der Waals surface area contributed by atoms with E-state index in [0.717, 1.165) is 17.1 Å². The van der Waals surface area contributed by atoms with Gasteiger partial charge in [0, 0.05) is 63.2 Å². The first-order valence-electron chi connectivity index (χ1n) is 13.2. The molecule has 10 nitrogen and oxygen atoms in total. The summed E-state index contributed by atoms with van der Waals surface area (Å²) in [6, 6.07) is 7.31. The van der Waals surface area contributed by atoms with E-state index in [2.05, 4.69) is 20.2 Å². The molecule has 1 saturated heterocycles. The molecule has 1 unspecified atom stereocenters. The van der Waals surface area contributed by atoms with Crippen LogP contribution in [-0.2, 0) is 16.0 Å². The molecule has 2 aromatic heterocycles. The standard InChI is InChI=1S/C28H36ClN7O3/c1-19(2)13-27(38)34-11-12-36(25-14-20(3)32-28(33-25)35-10-9-30-18-35)22(17-34)16-26(37)31-8-7-21-5-6-24(39-4)23(29)15-21/h5-6,9-10,14-15,18-19,22H,7-8,11-13,16-17H2,1-4H3,(H,31,37). The van der Waals surface area contributed by atoms with Crippen LogP contribution in [0.15, 0.2) is 43.0 Å². The van der Waals surface area contributed by atoms with Gasteiger partial charge in [-0.3, -0.25) is 14.2 Å². The van der Waals surface area contributed by atoms with Crippen LogP contribution in [0.25, 0.3) is 5.95 Å². The van der Waals surface area contributed by atoms with E-state index in [1.165, 1.54) is 0 Å². The van der Waals surface area contributed by atoms with Gasteiger partial charge in [0.2, 0.25) is 17.8 Å². The van der Waals surface area contributed by atoms with Crippen LogP contribution in [0.3, 0.4) is 0 Å². The minimum absolute atomic E-state index is 0.0802. The number of rotatable bonds is 10. The molecule has 0 saturated carbocycles. The van der Waals surface area contributed by atoms with Crippen molar-refractivity contribution in [3.8, 4) is 11.7 Å². The maximum Gasteiger partial charge on any atom is 0.237 e. The van der Waals surface area contributed by atoms with Crippen LogP contribution < -0.4 is 15.0 Å². The van der Waals surface area contributed by atoms with Crippen molar-refractivity contribution in [2.24, 2.45) is 5.92 Å². The average Bonchev–Trinajstić information content (AvgIpc) is 3.43. The Hall–Kier alpha value is -3.66. The Balaban J connectivity index is 1.47. The summed E-state index contributed by atoms with van der Waals surface area (Å²) in [6.07, 6.45) is 6.49. The third-order valence-corrected chi connectivity index (χ3v) is 6.95. The van der Waals surface area contributed by atoms with Crippen LogP contribution in [0.4, 0.5) is 5.82 Å². The fourth-order valence-corrected chi connectivity index (χ4v) is 4.99. The molecule has 39 heavy (non-hydrogen) atoms. The van der Waals surface area contributed by atoms with E-state index >= 15 is 0 Å². The van der Waals surface area contributed by atoms with E-state index in [0.29, 0.717) is 55.7 Å². The second kappa shape index (κ2) is 12.9. The van der Waals surface area contributed by atoms with E-state index in [1.54, 1.807) is 30.4 Å². The number of halogens is 1. The third kappa shape index (κ3) is 7.47. The van der Waals surface area contributed by atoms with E-state index < -0.39 is 0 Å². The molecular weight excluding hydrogens is 518 g/mol. The van der Waals surface area contributed by atoms with Crippen molar-refractivity contribution in [1.82, 2.24) is 29.7 Å². The lowest BCUT2D eigenvalue weighted by molar-refractivity contribution is -0.133. The number of ether oxygens (including phenoxy) is 1. The molecular formula is C28H36ClN7O3. The molecule has 11 heteroatoms. The number of benzene rings is 1.